The van der Waals surface area contributed by atoms with Crippen molar-refractivity contribution in [1.29, 1.82) is 0 Å². The first kappa shape index (κ1) is 38.5. The fraction of sp³-hybridized carbons (Fsp3) is 0.436. The summed E-state index contributed by atoms with van der Waals surface area (Å²) in [7, 11) is 3.40. The highest BCUT2D eigenvalue weighted by Crippen LogP contribution is 2.45. The molecule has 270 valence electrons. The van der Waals surface area contributed by atoms with Crippen molar-refractivity contribution in [3.63, 3.8) is 0 Å². The van der Waals surface area contributed by atoms with Crippen molar-refractivity contribution in [2.75, 3.05) is 60.1 Å². The molecule has 3 aromatic carbocycles. The number of benzene rings is 3. The van der Waals surface area contributed by atoms with Crippen LogP contribution in [-0.2, 0) is 26.3 Å². The number of hydrogen-bond donors (Lipinski definition) is 2. The average Bonchev–Trinajstić information content (AvgIpc) is 3.13. The molecule has 0 bridgehead atoms. The normalized spacial score (nSPS) is 18.0. The van der Waals surface area contributed by atoms with E-state index in [1.807, 2.05) is 30.3 Å². The number of fused-ring (bicyclic) bond motifs is 1. The van der Waals surface area contributed by atoms with Gasteiger partial charge in [-0.2, -0.15) is 0 Å². The molecule has 2 aliphatic heterocycles. The maximum absolute atomic E-state index is 13.6. The quantitative estimate of drug-likeness (QED) is 0.183. The topological polar surface area (TPSA) is 109 Å². The maximum atomic E-state index is 13.6. The number of rotatable bonds is 14. The van der Waals surface area contributed by atoms with Crippen LogP contribution in [0.3, 0.4) is 0 Å². The lowest BCUT2D eigenvalue weighted by atomic mass is 9.81. The van der Waals surface area contributed by atoms with Crippen LogP contribution in [0.1, 0.15) is 60.8 Å². The van der Waals surface area contributed by atoms with E-state index in [4.69, 9.17) is 24.4 Å². The van der Waals surface area contributed by atoms with Gasteiger partial charge in [0.25, 0.3) is 0 Å². The van der Waals surface area contributed by atoms with Crippen molar-refractivity contribution >= 4 is 11.9 Å². The summed E-state index contributed by atoms with van der Waals surface area (Å²) < 4.78 is 45.0. The molecule has 2 aliphatic rings. The van der Waals surface area contributed by atoms with Crippen LogP contribution < -0.4 is 9.47 Å². The van der Waals surface area contributed by atoms with Crippen LogP contribution in [0.5, 0.6) is 11.5 Å². The molecule has 1 fully saturated rings. The van der Waals surface area contributed by atoms with Gasteiger partial charge in [0.15, 0.2) is 11.5 Å². The zero-order chi connectivity index (χ0) is 36.1. The van der Waals surface area contributed by atoms with Gasteiger partial charge in [0.2, 0.25) is 0 Å². The maximum Gasteiger partial charge on any atom is 0.328 e. The lowest BCUT2D eigenvalue weighted by Crippen LogP contribution is -2.48. The number of carboxylic acids is 2. The third-order valence-corrected chi connectivity index (χ3v) is 9.62. The molecule has 1 atom stereocenters. The first-order chi connectivity index (χ1) is 24.1. The Morgan fingerprint density at radius 2 is 1.38 bits per heavy atom. The van der Waals surface area contributed by atoms with Crippen LogP contribution in [0.4, 0.5) is 8.78 Å². The molecular weight excluding hydrogens is 646 g/mol. The van der Waals surface area contributed by atoms with E-state index in [2.05, 4.69) is 22.8 Å². The summed E-state index contributed by atoms with van der Waals surface area (Å²) in [6.45, 7) is 9.08. The molecule has 11 heteroatoms. The summed E-state index contributed by atoms with van der Waals surface area (Å²) in [5.74, 6) is -1.25. The lowest BCUT2D eigenvalue weighted by Gasteiger charge is -2.42. The summed E-state index contributed by atoms with van der Waals surface area (Å²) in [6.07, 6.45) is 5.77. The van der Waals surface area contributed by atoms with Crippen molar-refractivity contribution < 1.29 is 42.8 Å². The Labute approximate surface area is 293 Å². The van der Waals surface area contributed by atoms with Crippen molar-refractivity contribution in [1.82, 2.24) is 9.80 Å². The monoisotopic (exact) mass is 694 g/mol. The second-order valence-corrected chi connectivity index (χ2v) is 12.5. The Kier molecular flexibility index (Phi) is 14.3. The Bertz CT molecular complexity index is 1510. The van der Waals surface area contributed by atoms with E-state index in [1.165, 1.54) is 35.4 Å². The van der Waals surface area contributed by atoms with E-state index < -0.39 is 11.9 Å². The van der Waals surface area contributed by atoms with Gasteiger partial charge < -0.3 is 34.2 Å². The molecule has 0 spiro atoms. The molecule has 1 unspecified atom stereocenters. The summed E-state index contributed by atoms with van der Waals surface area (Å²) in [4.78, 5) is 24.2. The van der Waals surface area contributed by atoms with Gasteiger partial charge in [-0.3, -0.25) is 0 Å². The van der Waals surface area contributed by atoms with Gasteiger partial charge in [0.05, 0.1) is 26.4 Å². The molecule has 3 aromatic rings. The number of nitrogens with zero attached hydrogens (tertiary/aromatic N) is 2. The second-order valence-electron chi connectivity index (χ2n) is 12.5. The fourth-order valence-corrected chi connectivity index (χ4v) is 6.92. The number of halogens is 2. The van der Waals surface area contributed by atoms with Gasteiger partial charge in [-0.15, -0.1) is 0 Å². The van der Waals surface area contributed by atoms with Crippen molar-refractivity contribution in [3.8, 4) is 11.5 Å². The Morgan fingerprint density at radius 1 is 0.840 bits per heavy atom. The summed E-state index contributed by atoms with van der Waals surface area (Å²) in [5, 5.41) is 15.6. The molecule has 5 rings (SSSR count). The van der Waals surface area contributed by atoms with Crippen molar-refractivity contribution in [3.05, 3.63) is 107 Å². The minimum Gasteiger partial charge on any atom is -0.493 e. The van der Waals surface area contributed by atoms with Gasteiger partial charge in [-0.1, -0.05) is 37.3 Å². The smallest absolute Gasteiger partial charge is 0.328 e. The highest BCUT2D eigenvalue weighted by atomic mass is 19.1. The van der Waals surface area contributed by atoms with Crippen LogP contribution in [-0.4, -0.2) is 92.0 Å². The zero-order valence-corrected chi connectivity index (χ0v) is 29.1. The zero-order valence-electron chi connectivity index (χ0n) is 29.1. The number of carboxylic acid groups (broad SMARTS) is 2. The summed E-state index contributed by atoms with van der Waals surface area (Å²) >= 11 is 0. The molecule has 0 aliphatic carbocycles. The standard InChI is InChI=1S/C35H44F2N2O3.C4H4O4/c1-4-35(32-15-16-33(40-2)34(41-3)31(32)17-25-42-35)18-20-39-23-21-38(22-24-39)19-5-6-30(26-7-11-28(36)12-8-26)27-9-13-29(37)14-10-27;5-3(6)1-2-4(7)8/h7-16,30H,4-6,17-25H2,1-3H3;1-2H,(H,5,6)(H,7,8)/b;2-1-. The highest BCUT2D eigenvalue weighted by molar-refractivity contribution is 5.89. The van der Waals surface area contributed by atoms with Crippen LogP contribution in [0.2, 0.25) is 0 Å². The molecule has 0 radical (unpaired) electrons. The number of methoxy groups -OCH3 is 2. The van der Waals surface area contributed by atoms with E-state index in [1.54, 1.807) is 14.2 Å². The molecule has 2 N–H and O–H groups in total. The van der Waals surface area contributed by atoms with Gasteiger partial charge in [-0.25, -0.2) is 18.4 Å². The van der Waals surface area contributed by atoms with Gasteiger partial charge in [0, 0.05) is 56.4 Å². The van der Waals surface area contributed by atoms with E-state index in [0.717, 1.165) is 94.0 Å². The molecule has 50 heavy (non-hydrogen) atoms. The predicted molar refractivity (Wildman–Crippen MR) is 187 cm³/mol. The number of carbonyl (C=O) groups is 2. The van der Waals surface area contributed by atoms with E-state index >= 15 is 0 Å². The third kappa shape index (κ3) is 10.3. The number of hydrogen-bond acceptors (Lipinski definition) is 7. The number of ether oxygens (including phenoxy) is 3. The third-order valence-electron chi connectivity index (χ3n) is 9.62. The molecule has 0 amide bonds. The predicted octanol–water partition coefficient (Wildman–Crippen LogP) is 6.49. The molecule has 9 nitrogen and oxygen atoms in total. The summed E-state index contributed by atoms with van der Waals surface area (Å²) in [6, 6.07) is 17.6. The van der Waals surface area contributed by atoms with Crippen molar-refractivity contribution in [2.24, 2.45) is 0 Å². The van der Waals surface area contributed by atoms with E-state index in [9.17, 15) is 18.4 Å². The highest BCUT2D eigenvalue weighted by Gasteiger charge is 2.38. The van der Waals surface area contributed by atoms with Crippen LogP contribution in [0, 0.1) is 11.6 Å². The van der Waals surface area contributed by atoms with E-state index in [-0.39, 0.29) is 23.2 Å². The van der Waals surface area contributed by atoms with Gasteiger partial charge in [0.1, 0.15) is 11.6 Å². The Hall–Kier alpha value is -4.32. The molecule has 0 saturated carbocycles. The van der Waals surface area contributed by atoms with Crippen molar-refractivity contribution in [2.45, 2.75) is 50.5 Å². The summed E-state index contributed by atoms with van der Waals surface area (Å²) in [5.41, 5.74) is 4.29. The Balaban J connectivity index is 0.000000627. The molecule has 1 saturated heterocycles. The lowest BCUT2D eigenvalue weighted by molar-refractivity contribution is -0.134. The van der Waals surface area contributed by atoms with Crippen LogP contribution in [0.15, 0.2) is 72.8 Å². The van der Waals surface area contributed by atoms with E-state index in [0.29, 0.717) is 18.8 Å². The first-order valence-corrected chi connectivity index (χ1v) is 17.1. The number of piperazine rings is 1. The first-order valence-electron chi connectivity index (χ1n) is 17.1. The fourth-order valence-electron chi connectivity index (χ4n) is 6.92. The number of aliphatic carboxylic acids is 2. The van der Waals surface area contributed by atoms with Gasteiger partial charge >= 0.3 is 11.9 Å². The van der Waals surface area contributed by atoms with Crippen LogP contribution >= 0.6 is 0 Å². The largest absolute Gasteiger partial charge is 0.493 e. The molecule has 0 aromatic heterocycles. The van der Waals surface area contributed by atoms with Gasteiger partial charge in [-0.05, 0) is 85.7 Å². The van der Waals surface area contributed by atoms with Crippen LogP contribution in [0.25, 0.3) is 0 Å². The Morgan fingerprint density at radius 3 is 1.86 bits per heavy atom. The average molecular weight is 695 g/mol. The minimum absolute atomic E-state index is 0.120. The molecular formula is C39H48F2N2O7. The molecule has 2 heterocycles. The minimum atomic E-state index is -1.26. The second kappa shape index (κ2) is 18.6. The SMILES string of the molecule is CCC1(CCN2CCN(CCCC(c3ccc(F)cc3)c3ccc(F)cc3)CC2)OCCc2c1ccc(OC)c2OC.O=C(O)/C=C\C(=O)O.